The molecule has 0 radical (unpaired) electrons. The van der Waals surface area contributed by atoms with E-state index in [0.29, 0.717) is 6.54 Å². The normalized spacial score (nSPS) is 11.9. The number of aliphatic carboxylic acids is 1. The predicted octanol–water partition coefficient (Wildman–Crippen LogP) is 0.459. The summed E-state index contributed by atoms with van der Waals surface area (Å²) in [5.41, 5.74) is -0.461. The molecule has 7 nitrogen and oxygen atoms in total. The fraction of sp³-hybridized carbons (Fsp3) is 0.500. The SMILES string of the molecule is CCN(C)C(=O)C(C)n1ccc(=O)nc1SCC(=O)O. The Morgan fingerprint density at radius 2 is 2.20 bits per heavy atom. The third-order valence-electron chi connectivity index (χ3n) is 2.75. The minimum atomic E-state index is -1.01. The van der Waals surface area contributed by atoms with Gasteiger partial charge in [0, 0.05) is 25.9 Å². The van der Waals surface area contributed by atoms with Crippen LogP contribution < -0.4 is 5.56 Å². The van der Waals surface area contributed by atoms with Gasteiger partial charge in [0.1, 0.15) is 6.04 Å². The number of carbonyl (C=O) groups excluding carboxylic acids is 1. The van der Waals surface area contributed by atoms with Crippen LogP contribution in [-0.4, -0.2) is 50.8 Å². The molecule has 0 fully saturated rings. The van der Waals surface area contributed by atoms with Gasteiger partial charge in [0.2, 0.25) is 5.91 Å². The molecule has 1 amide bonds. The van der Waals surface area contributed by atoms with Gasteiger partial charge in [0.25, 0.3) is 5.56 Å². The van der Waals surface area contributed by atoms with E-state index < -0.39 is 17.6 Å². The van der Waals surface area contributed by atoms with Gasteiger partial charge in [-0.3, -0.25) is 14.4 Å². The standard InChI is InChI=1S/C12H17N3O4S/c1-4-14(3)11(19)8(2)15-6-5-9(16)13-12(15)20-7-10(17)18/h5-6,8H,4,7H2,1-3H3,(H,17,18). The van der Waals surface area contributed by atoms with Crippen LogP contribution in [0.5, 0.6) is 0 Å². The molecule has 0 aliphatic heterocycles. The van der Waals surface area contributed by atoms with Crippen LogP contribution in [0.25, 0.3) is 0 Å². The van der Waals surface area contributed by atoms with E-state index in [0.717, 1.165) is 11.8 Å². The van der Waals surface area contributed by atoms with Crippen LogP contribution in [0.15, 0.2) is 22.2 Å². The summed E-state index contributed by atoms with van der Waals surface area (Å²) in [7, 11) is 1.68. The molecule has 1 aromatic rings. The minimum absolute atomic E-state index is 0.130. The number of thioether (sulfide) groups is 1. The van der Waals surface area contributed by atoms with E-state index in [-0.39, 0.29) is 16.8 Å². The third-order valence-corrected chi connectivity index (χ3v) is 3.71. The Balaban J connectivity index is 3.06. The van der Waals surface area contributed by atoms with Gasteiger partial charge in [-0.1, -0.05) is 11.8 Å². The third kappa shape index (κ3) is 4.09. The minimum Gasteiger partial charge on any atom is -0.481 e. The van der Waals surface area contributed by atoms with Crippen molar-refractivity contribution in [2.24, 2.45) is 0 Å². The Kier molecular flexibility index (Phi) is 5.75. The van der Waals surface area contributed by atoms with Gasteiger partial charge in [-0.2, -0.15) is 4.98 Å². The second-order valence-electron chi connectivity index (χ2n) is 4.17. The molecular weight excluding hydrogens is 282 g/mol. The van der Waals surface area contributed by atoms with Crippen molar-refractivity contribution in [2.75, 3.05) is 19.3 Å². The van der Waals surface area contributed by atoms with Gasteiger partial charge in [0.05, 0.1) is 5.75 Å². The van der Waals surface area contributed by atoms with E-state index in [4.69, 9.17) is 5.11 Å². The lowest BCUT2D eigenvalue weighted by Gasteiger charge is -2.23. The largest absolute Gasteiger partial charge is 0.481 e. The zero-order chi connectivity index (χ0) is 15.3. The summed E-state index contributed by atoms with van der Waals surface area (Å²) in [5, 5.41) is 8.92. The molecule has 110 valence electrons. The molecule has 0 aliphatic carbocycles. The Bertz CT molecular complexity index is 558. The van der Waals surface area contributed by atoms with Crippen LogP contribution in [0, 0.1) is 0 Å². The lowest BCUT2D eigenvalue weighted by molar-refractivity contribution is -0.134. The summed E-state index contributed by atoms with van der Waals surface area (Å²) >= 11 is 0.916. The maximum absolute atomic E-state index is 12.1. The summed E-state index contributed by atoms with van der Waals surface area (Å²) in [5.74, 6) is -1.36. The number of hydrogen-bond donors (Lipinski definition) is 1. The second kappa shape index (κ2) is 7.09. The van der Waals surface area contributed by atoms with Crippen molar-refractivity contribution < 1.29 is 14.7 Å². The van der Waals surface area contributed by atoms with Crippen LogP contribution >= 0.6 is 11.8 Å². The van der Waals surface area contributed by atoms with E-state index in [1.165, 1.54) is 16.8 Å². The number of nitrogens with zero attached hydrogens (tertiary/aromatic N) is 3. The van der Waals surface area contributed by atoms with Crippen LogP contribution in [-0.2, 0) is 9.59 Å². The van der Waals surface area contributed by atoms with E-state index in [1.54, 1.807) is 18.9 Å². The number of rotatable bonds is 6. The van der Waals surface area contributed by atoms with E-state index >= 15 is 0 Å². The number of hydrogen-bond acceptors (Lipinski definition) is 5. The average molecular weight is 299 g/mol. The Morgan fingerprint density at radius 1 is 1.55 bits per heavy atom. The zero-order valence-electron chi connectivity index (χ0n) is 11.6. The van der Waals surface area contributed by atoms with Crippen molar-refractivity contribution in [3.8, 4) is 0 Å². The molecule has 8 heteroatoms. The zero-order valence-corrected chi connectivity index (χ0v) is 12.4. The van der Waals surface area contributed by atoms with Crippen LogP contribution in [0.1, 0.15) is 19.9 Å². The van der Waals surface area contributed by atoms with Crippen LogP contribution in [0.3, 0.4) is 0 Å². The fourth-order valence-corrected chi connectivity index (χ4v) is 2.29. The lowest BCUT2D eigenvalue weighted by atomic mass is 10.3. The maximum atomic E-state index is 12.1. The van der Waals surface area contributed by atoms with E-state index in [9.17, 15) is 14.4 Å². The molecule has 0 saturated heterocycles. The highest BCUT2D eigenvalue weighted by molar-refractivity contribution is 7.99. The number of amides is 1. The maximum Gasteiger partial charge on any atom is 0.313 e. The molecule has 0 aromatic carbocycles. The summed E-state index contributed by atoms with van der Waals surface area (Å²) in [6.45, 7) is 4.11. The predicted molar refractivity (Wildman–Crippen MR) is 74.9 cm³/mol. The topological polar surface area (TPSA) is 92.5 Å². The summed E-state index contributed by atoms with van der Waals surface area (Å²) in [6.07, 6.45) is 1.46. The van der Waals surface area contributed by atoms with E-state index in [1.807, 2.05) is 6.92 Å². The van der Waals surface area contributed by atoms with Crippen molar-refractivity contribution >= 4 is 23.6 Å². The summed E-state index contributed by atoms with van der Waals surface area (Å²) in [6, 6.07) is 0.699. The molecule has 1 atom stereocenters. The number of carbonyl (C=O) groups is 2. The molecule has 0 aliphatic rings. The first-order valence-electron chi connectivity index (χ1n) is 6.05. The Hall–Kier alpha value is -1.83. The van der Waals surface area contributed by atoms with Crippen molar-refractivity contribution in [1.29, 1.82) is 0 Å². The molecule has 0 spiro atoms. The number of carboxylic acids is 1. The summed E-state index contributed by atoms with van der Waals surface area (Å²) < 4.78 is 1.52. The Morgan fingerprint density at radius 3 is 2.75 bits per heavy atom. The summed E-state index contributed by atoms with van der Waals surface area (Å²) in [4.78, 5) is 39.3. The average Bonchev–Trinajstić information content (AvgIpc) is 2.42. The molecule has 0 bridgehead atoms. The molecule has 1 rings (SSSR count). The molecule has 1 N–H and O–H groups in total. The van der Waals surface area contributed by atoms with E-state index in [2.05, 4.69) is 4.98 Å². The first kappa shape index (κ1) is 16.2. The molecule has 1 aromatic heterocycles. The first-order chi connectivity index (χ1) is 9.36. The highest BCUT2D eigenvalue weighted by Crippen LogP contribution is 2.19. The van der Waals surface area contributed by atoms with Gasteiger partial charge in [-0.05, 0) is 13.8 Å². The number of carboxylic acid groups (broad SMARTS) is 1. The number of likely N-dealkylation sites (N-methyl/N-ethyl adjacent to an activating group) is 1. The molecule has 1 heterocycles. The lowest BCUT2D eigenvalue weighted by Crippen LogP contribution is -2.34. The van der Waals surface area contributed by atoms with Gasteiger partial charge in [-0.25, -0.2) is 0 Å². The molecule has 0 saturated carbocycles. The van der Waals surface area contributed by atoms with Crippen LogP contribution in [0.2, 0.25) is 0 Å². The van der Waals surface area contributed by atoms with Crippen molar-refractivity contribution in [3.63, 3.8) is 0 Å². The monoisotopic (exact) mass is 299 g/mol. The second-order valence-corrected chi connectivity index (χ2v) is 5.11. The molecule has 20 heavy (non-hydrogen) atoms. The fourth-order valence-electron chi connectivity index (χ4n) is 1.52. The smallest absolute Gasteiger partial charge is 0.313 e. The Labute approximate surface area is 120 Å². The van der Waals surface area contributed by atoms with Gasteiger partial charge >= 0.3 is 5.97 Å². The van der Waals surface area contributed by atoms with Gasteiger partial charge < -0.3 is 14.6 Å². The first-order valence-corrected chi connectivity index (χ1v) is 7.04. The quantitative estimate of drug-likeness (QED) is 0.606. The van der Waals surface area contributed by atoms with Crippen molar-refractivity contribution in [1.82, 2.24) is 14.5 Å². The van der Waals surface area contributed by atoms with Gasteiger partial charge in [-0.15, -0.1) is 0 Å². The molecular formula is C12H17N3O4S. The van der Waals surface area contributed by atoms with Crippen LogP contribution in [0.4, 0.5) is 0 Å². The highest BCUT2D eigenvalue weighted by Gasteiger charge is 2.20. The van der Waals surface area contributed by atoms with Crippen molar-refractivity contribution in [2.45, 2.75) is 25.0 Å². The van der Waals surface area contributed by atoms with Crippen molar-refractivity contribution in [3.05, 3.63) is 22.6 Å². The highest BCUT2D eigenvalue weighted by atomic mass is 32.2. The van der Waals surface area contributed by atoms with Gasteiger partial charge in [0.15, 0.2) is 5.16 Å². The molecule has 1 unspecified atom stereocenters. The number of aromatic nitrogens is 2.